The zero-order chi connectivity index (χ0) is 25.5. The maximum absolute atomic E-state index is 14.8. The Labute approximate surface area is 215 Å². The van der Waals surface area contributed by atoms with Gasteiger partial charge in [0.25, 0.3) is 0 Å². The number of allylic oxidation sites excluding steroid dienone is 1. The van der Waals surface area contributed by atoms with E-state index >= 15 is 0 Å². The molecule has 2 saturated carbocycles. The largest absolute Gasteiger partial charge is 0.391 e. The molecule has 0 aliphatic heterocycles. The second kappa shape index (κ2) is 12.4. The molecule has 0 radical (unpaired) electrons. The van der Waals surface area contributed by atoms with Crippen LogP contribution < -0.4 is 0 Å². The number of halogens is 3. The van der Waals surface area contributed by atoms with Gasteiger partial charge >= 0.3 is 6.11 Å². The molecule has 0 N–H and O–H groups in total. The summed E-state index contributed by atoms with van der Waals surface area (Å²) in [5.41, 5.74) is 2.97. The highest BCUT2D eigenvalue weighted by atomic mass is 19.3. The van der Waals surface area contributed by atoms with Crippen molar-refractivity contribution in [2.24, 2.45) is 11.8 Å². The molecule has 1 unspecified atom stereocenters. The number of hydrogen-bond acceptors (Lipinski definition) is 1. The Morgan fingerprint density at radius 2 is 1.39 bits per heavy atom. The van der Waals surface area contributed by atoms with Crippen LogP contribution in [-0.4, -0.2) is 6.11 Å². The molecule has 0 bridgehead atoms. The van der Waals surface area contributed by atoms with E-state index in [0.717, 1.165) is 49.5 Å². The highest BCUT2D eigenvalue weighted by molar-refractivity contribution is 5.28. The maximum Gasteiger partial charge on any atom is 0.391 e. The molecular weight excluding hydrogens is 457 g/mol. The summed E-state index contributed by atoms with van der Waals surface area (Å²) in [7, 11) is 0. The molecule has 2 aliphatic carbocycles. The van der Waals surface area contributed by atoms with Crippen molar-refractivity contribution in [3.63, 3.8) is 0 Å². The van der Waals surface area contributed by atoms with E-state index < -0.39 is 12.3 Å². The minimum atomic E-state index is -3.88. The van der Waals surface area contributed by atoms with E-state index in [-0.39, 0.29) is 12.2 Å². The first-order valence-electron chi connectivity index (χ1n) is 13.8. The van der Waals surface area contributed by atoms with E-state index in [1.54, 1.807) is 0 Å². The van der Waals surface area contributed by atoms with Gasteiger partial charge < -0.3 is 4.74 Å². The van der Waals surface area contributed by atoms with Crippen LogP contribution in [0.2, 0.25) is 0 Å². The second-order valence-electron chi connectivity index (χ2n) is 11.2. The Morgan fingerprint density at radius 3 is 1.94 bits per heavy atom. The summed E-state index contributed by atoms with van der Waals surface area (Å²) in [4.78, 5) is 0. The summed E-state index contributed by atoms with van der Waals surface area (Å²) in [6.07, 6.45) is 7.29. The zero-order valence-electron chi connectivity index (χ0n) is 21.6. The van der Waals surface area contributed by atoms with Crippen LogP contribution in [0, 0.1) is 11.8 Å². The highest BCUT2D eigenvalue weighted by Gasteiger charge is 2.43. The first kappa shape index (κ1) is 27.0. The molecule has 0 amide bonds. The molecule has 36 heavy (non-hydrogen) atoms. The molecule has 0 spiro atoms. The van der Waals surface area contributed by atoms with Crippen molar-refractivity contribution in [2.75, 3.05) is 0 Å². The van der Waals surface area contributed by atoms with E-state index in [0.29, 0.717) is 17.4 Å². The van der Waals surface area contributed by atoms with Crippen molar-refractivity contribution >= 4 is 0 Å². The summed E-state index contributed by atoms with van der Waals surface area (Å²) in [6, 6.07) is 14.3. The Kier molecular flexibility index (Phi) is 9.33. The number of ether oxygens (including phenoxy) is 1. The van der Waals surface area contributed by atoms with Gasteiger partial charge in [-0.2, -0.15) is 8.78 Å². The van der Waals surface area contributed by atoms with Gasteiger partial charge in [-0.1, -0.05) is 74.4 Å². The van der Waals surface area contributed by atoms with Crippen LogP contribution >= 0.6 is 0 Å². The lowest BCUT2D eigenvalue weighted by molar-refractivity contribution is -0.282. The molecule has 2 aliphatic rings. The fourth-order valence-corrected chi connectivity index (χ4v) is 6.00. The minimum Gasteiger partial charge on any atom is -0.313 e. The molecular formula is C32H41F3O. The van der Waals surface area contributed by atoms with Crippen LogP contribution in [0.4, 0.5) is 13.2 Å². The first-order chi connectivity index (χ1) is 17.4. The van der Waals surface area contributed by atoms with Crippen molar-refractivity contribution in [3.05, 3.63) is 83.4 Å². The molecule has 4 rings (SSSR count). The van der Waals surface area contributed by atoms with Gasteiger partial charge in [-0.25, -0.2) is 4.39 Å². The lowest BCUT2D eigenvalue weighted by Gasteiger charge is -2.28. The van der Waals surface area contributed by atoms with Gasteiger partial charge in [-0.15, -0.1) is 6.58 Å². The molecule has 196 valence electrons. The average Bonchev–Trinajstić information content (AvgIpc) is 2.91. The number of alkyl halides is 3. The van der Waals surface area contributed by atoms with Crippen LogP contribution in [0.15, 0.2) is 61.2 Å². The molecule has 4 heteroatoms. The zero-order valence-corrected chi connectivity index (χ0v) is 21.6. The van der Waals surface area contributed by atoms with Crippen molar-refractivity contribution < 1.29 is 17.9 Å². The molecule has 2 fully saturated rings. The smallest absolute Gasteiger partial charge is 0.313 e. The van der Waals surface area contributed by atoms with E-state index in [1.165, 1.54) is 49.8 Å². The summed E-state index contributed by atoms with van der Waals surface area (Å²) in [5, 5.41) is 0. The Morgan fingerprint density at radius 1 is 0.861 bits per heavy atom. The number of benzene rings is 2. The molecule has 2 aromatic rings. The Balaban J connectivity index is 1.27. The summed E-state index contributed by atoms with van der Waals surface area (Å²) >= 11 is 0. The standard InChI is InChI=1S/C32H41F3O/c1-3-4-5-24-8-14-27(15-9-24)28-16-10-25(11-17-28)22-36-32(34,35)31(33)30-20-18-29(19-21-30)26-12-6-23(2)7-13-26/h3,10-11,16-21,23-24,26-27,31H,1,4-9,12-15,22H2,2H3. The van der Waals surface area contributed by atoms with Crippen LogP contribution in [0.25, 0.3) is 0 Å². The van der Waals surface area contributed by atoms with Crippen LogP contribution in [0.1, 0.15) is 111 Å². The Bertz CT molecular complexity index is 936. The molecule has 2 aromatic carbocycles. The lowest BCUT2D eigenvalue weighted by atomic mass is 9.77. The third-order valence-corrected chi connectivity index (χ3v) is 8.52. The van der Waals surface area contributed by atoms with Gasteiger partial charge in [-0.05, 0) is 97.3 Å². The third kappa shape index (κ3) is 7.03. The number of hydrogen-bond donors (Lipinski definition) is 0. The van der Waals surface area contributed by atoms with Crippen molar-refractivity contribution in [3.8, 4) is 0 Å². The highest BCUT2D eigenvalue weighted by Crippen LogP contribution is 2.40. The van der Waals surface area contributed by atoms with Gasteiger partial charge in [-0.3, -0.25) is 0 Å². The van der Waals surface area contributed by atoms with Crippen LogP contribution in [-0.2, 0) is 11.3 Å². The van der Waals surface area contributed by atoms with E-state index in [1.807, 2.05) is 42.5 Å². The molecule has 0 saturated heterocycles. The molecule has 1 nitrogen and oxygen atoms in total. The maximum atomic E-state index is 14.8. The fourth-order valence-electron chi connectivity index (χ4n) is 6.00. The lowest BCUT2D eigenvalue weighted by Crippen LogP contribution is -2.27. The van der Waals surface area contributed by atoms with Gasteiger partial charge in [0.15, 0.2) is 0 Å². The van der Waals surface area contributed by atoms with Crippen LogP contribution in [0.5, 0.6) is 0 Å². The molecule has 1 atom stereocenters. The van der Waals surface area contributed by atoms with Crippen LogP contribution in [0.3, 0.4) is 0 Å². The second-order valence-corrected chi connectivity index (χ2v) is 11.2. The molecule has 0 aromatic heterocycles. The Hall–Kier alpha value is -2.07. The molecule has 0 heterocycles. The van der Waals surface area contributed by atoms with Gasteiger partial charge in [0.2, 0.25) is 6.17 Å². The fraction of sp³-hybridized carbons (Fsp3) is 0.562. The summed E-state index contributed by atoms with van der Waals surface area (Å²) in [5.74, 6) is 2.50. The predicted molar refractivity (Wildman–Crippen MR) is 141 cm³/mol. The van der Waals surface area contributed by atoms with E-state index in [9.17, 15) is 13.2 Å². The van der Waals surface area contributed by atoms with Gasteiger partial charge in [0.1, 0.15) is 0 Å². The average molecular weight is 499 g/mol. The van der Waals surface area contributed by atoms with Gasteiger partial charge in [0, 0.05) is 0 Å². The van der Waals surface area contributed by atoms with Crippen molar-refractivity contribution in [2.45, 2.75) is 102 Å². The summed E-state index contributed by atoms with van der Waals surface area (Å²) in [6.45, 7) is 5.76. The summed E-state index contributed by atoms with van der Waals surface area (Å²) < 4.78 is 48.7. The monoisotopic (exact) mass is 498 g/mol. The third-order valence-electron chi connectivity index (χ3n) is 8.52. The number of rotatable bonds is 10. The SMILES string of the molecule is C=CCCC1CCC(c2ccc(COC(F)(F)C(F)c3ccc(C4CCC(C)CC4)cc3)cc2)CC1. The quantitative estimate of drug-likeness (QED) is 0.296. The van der Waals surface area contributed by atoms with Crippen molar-refractivity contribution in [1.29, 1.82) is 0 Å². The van der Waals surface area contributed by atoms with Gasteiger partial charge in [0.05, 0.1) is 6.61 Å². The predicted octanol–water partition coefficient (Wildman–Crippen LogP) is 10.0. The topological polar surface area (TPSA) is 9.23 Å². The normalized spacial score (nSPS) is 25.9. The first-order valence-corrected chi connectivity index (χ1v) is 13.8. The van der Waals surface area contributed by atoms with Crippen molar-refractivity contribution in [1.82, 2.24) is 0 Å². The van der Waals surface area contributed by atoms with E-state index in [4.69, 9.17) is 4.74 Å². The van der Waals surface area contributed by atoms with E-state index in [2.05, 4.69) is 13.5 Å². The minimum absolute atomic E-state index is 0.0352.